The molecular formula is C16H29NO2. The van der Waals surface area contributed by atoms with Crippen LogP contribution in [0.3, 0.4) is 0 Å². The number of carbonyl (C=O) groups excluding carboxylic acids is 1. The second-order valence-electron chi connectivity index (χ2n) is 7.79. The number of hydrogen-bond acceptors (Lipinski definition) is 2. The summed E-state index contributed by atoms with van der Waals surface area (Å²) in [5.41, 5.74) is 0.397. The van der Waals surface area contributed by atoms with Gasteiger partial charge in [0.05, 0.1) is 6.61 Å². The van der Waals surface area contributed by atoms with Gasteiger partial charge in [0.2, 0.25) is 5.91 Å². The van der Waals surface area contributed by atoms with Crippen LogP contribution in [0, 0.1) is 22.7 Å². The van der Waals surface area contributed by atoms with Crippen molar-refractivity contribution in [2.24, 2.45) is 22.7 Å². The fraction of sp³-hybridized carbons (Fsp3) is 0.938. The lowest BCUT2D eigenvalue weighted by Crippen LogP contribution is -2.38. The van der Waals surface area contributed by atoms with Gasteiger partial charge in [0.1, 0.15) is 0 Å². The Morgan fingerprint density at radius 2 is 1.79 bits per heavy atom. The van der Waals surface area contributed by atoms with E-state index in [4.69, 9.17) is 0 Å². The molecule has 0 radical (unpaired) electrons. The summed E-state index contributed by atoms with van der Waals surface area (Å²) in [6, 6.07) is 0. The predicted octanol–water partition coefficient (Wildman–Crippen LogP) is 2.73. The van der Waals surface area contributed by atoms with Crippen LogP contribution in [0.1, 0.15) is 59.3 Å². The van der Waals surface area contributed by atoms with Crippen LogP contribution in [0.25, 0.3) is 0 Å². The Bertz CT molecular complexity index is 320. The third kappa shape index (κ3) is 3.71. The van der Waals surface area contributed by atoms with E-state index in [1.54, 1.807) is 0 Å². The maximum atomic E-state index is 12.2. The lowest BCUT2D eigenvalue weighted by atomic mass is 9.69. The predicted molar refractivity (Wildman–Crippen MR) is 76.7 cm³/mol. The van der Waals surface area contributed by atoms with Crippen LogP contribution in [0.15, 0.2) is 0 Å². The molecule has 3 heteroatoms. The summed E-state index contributed by atoms with van der Waals surface area (Å²) in [6.07, 6.45) is 6.51. The molecule has 2 saturated carbocycles. The van der Waals surface area contributed by atoms with Crippen LogP contribution in [0.4, 0.5) is 0 Å². The molecular weight excluding hydrogens is 238 g/mol. The molecule has 0 aromatic carbocycles. The van der Waals surface area contributed by atoms with Crippen molar-refractivity contribution in [3.05, 3.63) is 0 Å². The third-order valence-electron chi connectivity index (χ3n) is 5.25. The Labute approximate surface area is 117 Å². The summed E-state index contributed by atoms with van der Waals surface area (Å²) >= 11 is 0. The first-order valence-electron chi connectivity index (χ1n) is 7.75. The zero-order chi connectivity index (χ0) is 14.1. The Morgan fingerprint density at radius 3 is 2.21 bits per heavy atom. The minimum absolute atomic E-state index is 0.0261. The van der Waals surface area contributed by atoms with Gasteiger partial charge in [-0.15, -0.1) is 0 Å². The van der Waals surface area contributed by atoms with E-state index in [-0.39, 0.29) is 23.8 Å². The van der Waals surface area contributed by atoms with Gasteiger partial charge in [-0.25, -0.2) is 0 Å². The third-order valence-corrected chi connectivity index (χ3v) is 5.25. The van der Waals surface area contributed by atoms with E-state index in [2.05, 4.69) is 26.1 Å². The van der Waals surface area contributed by atoms with E-state index in [0.717, 1.165) is 31.6 Å². The van der Waals surface area contributed by atoms with Crippen LogP contribution in [-0.2, 0) is 4.79 Å². The van der Waals surface area contributed by atoms with Crippen molar-refractivity contribution in [2.45, 2.75) is 59.3 Å². The highest BCUT2D eigenvalue weighted by Gasteiger charge is 2.42. The zero-order valence-corrected chi connectivity index (χ0v) is 12.7. The Kier molecular flexibility index (Phi) is 4.24. The lowest BCUT2D eigenvalue weighted by Gasteiger charge is -2.36. The molecule has 0 heterocycles. The number of aliphatic hydroxyl groups is 1. The average Bonchev–Trinajstić information content (AvgIpc) is 3.16. The van der Waals surface area contributed by atoms with E-state index in [1.165, 1.54) is 12.8 Å². The van der Waals surface area contributed by atoms with Crippen LogP contribution >= 0.6 is 0 Å². The molecule has 0 aliphatic heterocycles. The van der Waals surface area contributed by atoms with Crippen molar-refractivity contribution >= 4 is 5.91 Å². The van der Waals surface area contributed by atoms with Crippen molar-refractivity contribution in [1.29, 1.82) is 0 Å². The Hall–Kier alpha value is -0.570. The highest BCUT2D eigenvalue weighted by atomic mass is 16.3. The normalized spacial score (nSPS) is 29.9. The van der Waals surface area contributed by atoms with Gasteiger partial charge in [-0.3, -0.25) is 4.79 Å². The molecule has 0 atom stereocenters. The van der Waals surface area contributed by atoms with Crippen molar-refractivity contribution < 1.29 is 9.90 Å². The molecule has 1 amide bonds. The highest BCUT2D eigenvalue weighted by molar-refractivity contribution is 5.78. The average molecular weight is 267 g/mol. The Balaban J connectivity index is 1.73. The smallest absolute Gasteiger partial charge is 0.223 e. The second kappa shape index (κ2) is 5.43. The molecule has 2 aliphatic carbocycles. The highest BCUT2D eigenvalue weighted by Crippen LogP contribution is 2.44. The van der Waals surface area contributed by atoms with E-state index >= 15 is 0 Å². The van der Waals surface area contributed by atoms with Gasteiger partial charge in [0, 0.05) is 17.9 Å². The van der Waals surface area contributed by atoms with Gasteiger partial charge >= 0.3 is 0 Å². The monoisotopic (exact) mass is 267 g/mol. The fourth-order valence-electron chi connectivity index (χ4n) is 3.21. The van der Waals surface area contributed by atoms with Crippen LogP contribution in [0.5, 0.6) is 0 Å². The molecule has 0 bridgehead atoms. The van der Waals surface area contributed by atoms with Gasteiger partial charge < -0.3 is 10.4 Å². The largest absolute Gasteiger partial charge is 0.396 e. The van der Waals surface area contributed by atoms with Crippen LogP contribution in [0.2, 0.25) is 0 Å². The quantitative estimate of drug-likeness (QED) is 0.823. The van der Waals surface area contributed by atoms with Crippen molar-refractivity contribution in [3.8, 4) is 0 Å². The first kappa shape index (κ1) is 14.8. The molecule has 2 N–H and O–H groups in total. The van der Waals surface area contributed by atoms with E-state index < -0.39 is 0 Å². The minimum Gasteiger partial charge on any atom is -0.396 e. The first-order chi connectivity index (χ1) is 8.86. The van der Waals surface area contributed by atoms with Gasteiger partial charge in [-0.05, 0) is 49.9 Å². The zero-order valence-electron chi connectivity index (χ0n) is 12.7. The molecule has 2 aliphatic rings. The summed E-state index contributed by atoms with van der Waals surface area (Å²) in [5, 5.41) is 12.3. The van der Waals surface area contributed by atoms with E-state index in [0.29, 0.717) is 12.0 Å². The summed E-state index contributed by atoms with van der Waals surface area (Å²) in [7, 11) is 0. The SMILES string of the molecule is CC(C)(C)C1CCC(C(=O)NCC2(CO)CC2)CC1. The maximum absolute atomic E-state index is 12.2. The first-order valence-corrected chi connectivity index (χ1v) is 7.75. The molecule has 110 valence electrons. The summed E-state index contributed by atoms with van der Waals surface area (Å²) in [6.45, 7) is 7.79. The minimum atomic E-state index is 0.0261. The number of nitrogens with one attached hydrogen (secondary N) is 1. The summed E-state index contributed by atoms with van der Waals surface area (Å²) in [4.78, 5) is 12.2. The number of aliphatic hydroxyl groups excluding tert-OH is 1. The molecule has 0 saturated heterocycles. The maximum Gasteiger partial charge on any atom is 0.223 e. The van der Waals surface area contributed by atoms with Crippen molar-refractivity contribution in [3.63, 3.8) is 0 Å². The molecule has 2 rings (SSSR count). The van der Waals surface area contributed by atoms with E-state index in [9.17, 15) is 9.90 Å². The van der Waals surface area contributed by atoms with Crippen LogP contribution < -0.4 is 5.32 Å². The molecule has 0 aromatic heterocycles. The summed E-state index contributed by atoms with van der Waals surface area (Å²) in [5.74, 6) is 1.17. The Morgan fingerprint density at radius 1 is 1.21 bits per heavy atom. The van der Waals surface area contributed by atoms with E-state index in [1.807, 2.05) is 0 Å². The van der Waals surface area contributed by atoms with Gasteiger partial charge in [-0.2, -0.15) is 0 Å². The van der Waals surface area contributed by atoms with Crippen molar-refractivity contribution in [2.75, 3.05) is 13.2 Å². The number of hydrogen-bond donors (Lipinski definition) is 2. The van der Waals surface area contributed by atoms with Gasteiger partial charge in [0.25, 0.3) is 0 Å². The standard InChI is InChI=1S/C16H29NO2/c1-15(2,3)13-6-4-12(5-7-13)14(19)17-10-16(11-18)8-9-16/h12-13,18H,4-11H2,1-3H3,(H,17,19). The molecule has 0 spiro atoms. The number of amides is 1. The number of carbonyl (C=O) groups is 1. The van der Waals surface area contributed by atoms with Gasteiger partial charge in [-0.1, -0.05) is 20.8 Å². The second-order valence-corrected chi connectivity index (χ2v) is 7.79. The van der Waals surface area contributed by atoms with Crippen molar-refractivity contribution in [1.82, 2.24) is 5.32 Å². The molecule has 19 heavy (non-hydrogen) atoms. The number of rotatable bonds is 4. The van der Waals surface area contributed by atoms with Crippen LogP contribution in [-0.4, -0.2) is 24.2 Å². The molecule has 0 aromatic rings. The van der Waals surface area contributed by atoms with Gasteiger partial charge in [0.15, 0.2) is 0 Å². The molecule has 2 fully saturated rings. The fourth-order valence-corrected chi connectivity index (χ4v) is 3.21. The topological polar surface area (TPSA) is 49.3 Å². The lowest BCUT2D eigenvalue weighted by molar-refractivity contribution is -0.126. The summed E-state index contributed by atoms with van der Waals surface area (Å²) < 4.78 is 0. The molecule has 3 nitrogen and oxygen atoms in total. The molecule has 0 unspecified atom stereocenters.